The lowest BCUT2D eigenvalue weighted by Gasteiger charge is -1.95. The molecule has 0 aliphatic carbocycles. The molecule has 0 spiro atoms. The zero-order valence-electron chi connectivity index (χ0n) is 7.84. The topological polar surface area (TPSA) is 87.0 Å². The lowest BCUT2D eigenvalue weighted by Crippen LogP contribution is -2.08. The fourth-order valence-corrected chi connectivity index (χ4v) is 1.05. The molecule has 7 heteroatoms. The minimum Gasteiger partial charge on any atom is -0.358 e. The molecule has 0 radical (unpaired) electrons. The molecule has 6 nitrogen and oxygen atoms in total. The van der Waals surface area contributed by atoms with E-state index in [0.717, 1.165) is 12.1 Å². The van der Waals surface area contributed by atoms with Crippen LogP contribution >= 0.6 is 12.4 Å². The van der Waals surface area contributed by atoms with Crippen molar-refractivity contribution in [1.29, 1.82) is 0 Å². The lowest BCUT2D eigenvalue weighted by atomic mass is 10.4. The van der Waals surface area contributed by atoms with Gasteiger partial charge in [0.05, 0.1) is 23.4 Å². The molecule has 0 saturated heterocycles. The molecular weight excluding hydrogens is 208 g/mol. The van der Waals surface area contributed by atoms with Gasteiger partial charge in [-0.2, -0.15) is 4.68 Å². The van der Waals surface area contributed by atoms with Gasteiger partial charge in [-0.05, 0) is 24.8 Å². The lowest BCUT2D eigenvalue weighted by molar-refractivity contribution is -0.389. The first kappa shape index (κ1) is 12.9. The van der Waals surface area contributed by atoms with Gasteiger partial charge in [-0.3, -0.25) is 0 Å². The van der Waals surface area contributed by atoms with Crippen LogP contribution in [0.3, 0.4) is 0 Å². The van der Waals surface area contributed by atoms with Crippen molar-refractivity contribution < 1.29 is 4.92 Å². The number of rotatable bonds is 4. The Bertz CT molecular complexity index is 313. The summed E-state index contributed by atoms with van der Waals surface area (Å²) in [6.45, 7) is 2.99. The van der Waals surface area contributed by atoms with E-state index < -0.39 is 4.92 Å². The molecule has 80 valence electrons. The van der Waals surface area contributed by atoms with E-state index in [0.29, 0.717) is 13.1 Å². The number of aromatic nitrogens is 2. The number of hydrogen-bond acceptors (Lipinski definition) is 4. The maximum atomic E-state index is 10.3. The zero-order valence-corrected chi connectivity index (χ0v) is 8.66. The highest BCUT2D eigenvalue weighted by Gasteiger charge is 2.14. The van der Waals surface area contributed by atoms with Crippen LogP contribution in [0, 0.1) is 17.0 Å². The maximum Gasteiger partial charge on any atom is 0.390 e. The Kier molecular flexibility index (Phi) is 5.11. The van der Waals surface area contributed by atoms with Crippen molar-refractivity contribution in [2.24, 2.45) is 5.73 Å². The third-order valence-corrected chi connectivity index (χ3v) is 1.73. The summed E-state index contributed by atoms with van der Waals surface area (Å²) >= 11 is 0. The van der Waals surface area contributed by atoms with Crippen LogP contribution in [0.25, 0.3) is 0 Å². The maximum absolute atomic E-state index is 10.3. The number of hydrogen-bond donors (Lipinski definition) is 1. The van der Waals surface area contributed by atoms with Crippen LogP contribution in [0.5, 0.6) is 0 Å². The molecule has 0 unspecified atom stereocenters. The fraction of sp³-hybridized carbons (Fsp3) is 0.571. The van der Waals surface area contributed by atoms with Crippen LogP contribution in [-0.4, -0.2) is 21.2 Å². The SMILES string of the molecule is Cc1cc([N+](=O)[O-])nn1CCCN.Cl. The first-order valence-corrected chi connectivity index (χ1v) is 4.04. The number of nitrogens with two attached hydrogens (primary N) is 1. The van der Waals surface area contributed by atoms with E-state index in [-0.39, 0.29) is 18.2 Å². The number of halogens is 1. The monoisotopic (exact) mass is 220 g/mol. The van der Waals surface area contributed by atoms with Crippen molar-refractivity contribution in [2.75, 3.05) is 6.54 Å². The minimum atomic E-state index is -0.494. The highest BCUT2D eigenvalue weighted by atomic mass is 35.5. The Labute approximate surface area is 87.6 Å². The van der Waals surface area contributed by atoms with Gasteiger partial charge in [0.1, 0.15) is 0 Å². The van der Waals surface area contributed by atoms with Gasteiger partial charge < -0.3 is 15.8 Å². The third kappa shape index (κ3) is 2.97. The average molecular weight is 221 g/mol. The molecule has 2 N–H and O–H groups in total. The summed E-state index contributed by atoms with van der Waals surface area (Å²) in [5.74, 6) is -0.102. The van der Waals surface area contributed by atoms with E-state index >= 15 is 0 Å². The quantitative estimate of drug-likeness (QED) is 0.603. The Hall–Kier alpha value is -1.14. The van der Waals surface area contributed by atoms with Gasteiger partial charge >= 0.3 is 5.82 Å². The second-order valence-corrected chi connectivity index (χ2v) is 2.77. The Balaban J connectivity index is 0.00000169. The van der Waals surface area contributed by atoms with Crippen LogP contribution in [0.15, 0.2) is 6.07 Å². The molecule has 1 rings (SSSR count). The van der Waals surface area contributed by atoms with Gasteiger partial charge in [-0.1, -0.05) is 0 Å². The largest absolute Gasteiger partial charge is 0.390 e. The molecule has 0 aliphatic heterocycles. The Morgan fingerprint density at radius 3 is 2.79 bits per heavy atom. The zero-order chi connectivity index (χ0) is 9.84. The molecule has 0 aliphatic rings. The van der Waals surface area contributed by atoms with Gasteiger partial charge in [-0.15, -0.1) is 12.4 Å². The second kappa shape index (κ2) is 5.56. The molecule has 1 aromatic heterocycles. The Morgan fingerprint density at radius 1 is 1.71 bits per heavy atom. The highest BCUT2D eigenvalue weighted by molar-refractivity contribution is 5.85. The van der Waals surface area contributed by atoms with Gasteiger partial charge in [0.2, 0.25) is 0 Å². The molecule has 0 fully saturated rings. The molecule has 1 aromatic rings. The first-order chi connectivity index (χ1) is 6.15. The summed E-state index contributed by atoms with van der Waals surface area (Å²) in [6.07, 6.45) is 0.777. The van der Waals surface area contributed by atoms with Crippen LogP contribution in [0.1, 0.15) is 12.1 Å². The normalized spacial score (nSPS) is 9.57. The van der Waals surface area contributed by atoms with Crippen molar-refractivity contribution >= 4 is 18.2 Å². The van der Waals surface area contributed by atoms with Crippen molar-refractivity contribution in [3.63, 3.8) is 0 Å². The molecule has 0 atom stereocenters. The summed E-state index contributed by atoms with van der Waals surface area (Å²) in [5.41, 5.74) is 6.11. The smallest absolute Gasteiger partial charge is 0.358 e. The fourth-order valence-electron chi connectivity index (χ4n) is 1.05. The van der Waals surface area contributed by atoms with Crippen LogP contribution < -0.4 is 5.73 Å². The van der Waals surface area contributed by atoms with E-state index in [1.807, 2.05) is 0 Å². The highest BCUT2D eigenvalue weighted by Crippen LogP contribution is 2.10. The molecule has 0 aromatic carbocycles. The first-order valence-electron chi connectivity index (χ1n) is 4.04. The van der Waals surface area contributed by atoms with Crippen molar-refractivity contribution in [1.82, 2.24) is 9.78 Å². The summed E-state index contributed by atoms with van der Waals surface area (Å²) in [5, 5.41) is 14.2. The predicted octanol–water partition coefficient (Wildman–Crippen LogP) is 0.870. The van der Waals surface area contributed by atoms with Gasteiger partial charge in [0, 0.05) is 0 Å². The summed E-state index contributed by atoms with van der Waals surface area (Å²) in [4.78, 5) is 9.85. The van der Waals surface area contributed by atoms with Crippen molar-refractivity contribution in [2.45, 2.75) is 19.9 Å². The molecule has 14 heavy (non-hydrogen) atoms. The predicted molar refractivity (Wildman–Crippen MR) is 54.5 cm³/mol. The second-order valence-electron chi connectivity index (χ2n) is 2.77. The summed E-state index contributed by atoms with van der Waals surface area (Å²) < 4.78 is 1.60. The number of nitro groups is 1. The van der Waals surface area contributed by atoms with E-state index in [1.54, 1.807) is 11.6 Å². The van der Waals surface area contributed by atoms with Gasteiger partial charge in [-0.25, -0.2) is 0 Å². The molecule has 0 bridgehead atoms. The minimum absolute atomic E-state index is 0. The van der Waals surface area contributed by atoms with Crippen LogP contribution in [0.2, 0.25) is 0 Å². The van der Waals surface area contributed by atoms with Gasteiger partial charge in [0.25, 0.3) is 0 Å². The standard InChI is InChI=1S/C7H12N4O2.ClH/c1-6-5-7(11(12)13)9-10(6)4-2-3-8;/h5H,2-4,8H2,1H3;1H. The summed E-state index contributed by atoms with van der Waals surface area (Å²) in [6, 6.07) is 1.45. The van der Waals surface area contributed by atoms with Crippen molar-refractivity contribution in [3.8, 4) is 0 Å². The third-order valence-electron chi connectivity index (χ3n) is 1.73. The average Bonchev–Trinajstić information content (AvgIpc) is 2.44. The molecular formula is C7H13ClN4O2. The molecule has 1 heterocycles. The number of aryl methyl sites for hydroxylation is 2. The summed E-state index contributed by atoms with van der Waals surface area (Å²) in [7, 11) is 0. The number of nitrogens with zero attached hydrogens (tertiary/aromatic N) is 3. The van der Waals surface area contributed by atoms with Crippen LogP contribution in [-0.2, 0) is 6.54 Å². The van der Waals surface area contributed by atoms with Crippen LogP contribution in [0.4, 0.5) is 5.82 Å². The Morgan fingerprint density at radius 2 is 2.36 bits per heavy atom. The van der Waals surface area contributed by atoms with Crippen molar-refractivity contribution in [3.05, 3.63) is 21.9 Å². The molecule has 0 saturated carbocycles. The molecule has 0 amide bonds. The van der Waals surface area contributed by atoms with E-state index in [9.17, 15) is 10.1 Å². The van der Waals surface area contributed by atoms with E-state index in [4.69, 9.17) is 5.73 Å². The van der Waals surface area contributed by atoms with E-state index in [1.165, 1.54) is 6.07 Å². The van der Waals surface area contributed by atoms with Gasteiger partial charge in [0.15, 0.2) is 0 Å². The van der Waals surface area contributed by atoms with E-state index in [2.05, 4.69) is 5.10 Å².